The molecule has 0 aliphatic carbocycles. The van der Waals surface area contributed by atoms with Gasteiger partial charge in [0.2, 0.25) is 0 Å². The van der Waals surface area contributed by atoms with E-state index in [1.165, 1.54) is 10.9 Å². The summed E-state index contributed by atoms with van der Waals surface area (Å²) in [6, 6.07) is 10.4. The van der Waals surface area contributed by atoms with Crippen LogP contribution in [0.3, 0.4) is 0 Å². The maximum atomic E-state index is 12.9. The lowest BCUT2D eigenvalue weighted by Crippen LogP contribution is -2.24. The minimum Gasteiger partial charge on any atom is -0.381 e. The number of nitrogens with zero attached hydrogens (tertiary/aromatic N) is 5. The van der Waals surface area contributed by atoms with Gasteiger partial charge in [-0.15, -0.1) is 0 Å². The van der Waals surface area contributed by atoms with Crippen LogP contribution in [0.4, 0.5) is 0 Å². The fourth-order valence-corrected chi connectivity index (χ4v) is 5.42. The molecule has 2 atom stereocenters. The number of hydrogen-bond donors (Lipinski definition) is 1. The van der Waals surface area contributed by atoms with Gasteiger partial charge in [-0.2, -0.15) is 5.10 Å². The molecule has 2 unspecified atom stereocenters. The van der Waals surface area contributed by atoms with Crippen molar-refractivity contribution >= 4 is 16.4 Å². The molecule has 0 bridgehead atoms. The van der Waals surface area contributed by atoms with Crippen LogP contribution in [0.2, 0.25) is 0 Å². The zero-order valence-electron chi connectivity index (χ0n) is 18.8. The maximum absolute atomic E-state index is 12.9. The Labute approximate surface area is 191 Å². The van der Waals surface area contributed by atoms with Gasteiger partial charge in [0, 0.05) is 56.3 Å². The molecule has 8 nitrogen and oxygen atoms in total. The highest BCUT2D eigenvalue weighted by molar-refractivity contribution is 5.81. The zero-order chi connectivity index (χ0) is 22.4. The lowest BCUT2D eigenvalue weighted by molar-refractivity contribution is 0.0832. The number of ether oxygens (including phenoxy) is 1. The van der Waals surface area contributed by atoms with Crippen molar-refractivity contribution in [1.82, 2.24) is 29.5 Å². The van der Waals surface area contributed by atoms with E-state index in [1.807, 2.05) is 12.3 Å². The summed E-state index contributed by atoms with van der Waals surface area (Å²) in [5.74, 6) is 2.47. The molecule has 1 N–H and O–H groups in total. The fourth-order valence-electron chi connectivity index (χ4n) is 5.42. The topological polar surface area (TPSA) is 88.4 Å². The van der Waals surface area contributed by atoms with Crippen LogP contribution in [-0.4, -0.2) is 55.8 Å². The van der Waals surface area contributed by atoms with Gasteiger partial charge >= 0.3 is 0 Å². The second-order valence-electron chi connectivity index (χ2n) is 9.40. The van der Waals surface area contributed by atoms with Crippen molar-refractivity contribution in [2.24, 2.45) is 5.92 Å². The zero-order valence-corrected chi connectivity index (χ0v) is 18.8. The molecule has 0 amide bonds. The van der Waals surface area contributed by atoms with E-state index in [0.717, 1.165) is 62.9 Å². The second kappa shape index (κ2) is 8.35. The van der Waals surface area contributed by atoms with Gasteiger partial charge in [-0.25, -0.2) is 9.50 Å². The third kappa shape index (κ3) is 3.73. The summed E-state index contributed by atoms with van der Waals surface area (Å²) >= 11 is 0. The van der Waals surface area contributed by atoms with Crippen molar-refractivity contribution < 1.29 is 4.74 Å². The quantitative estimate of drug-likeness (QED) is 0.520. The summed E-state index contributed by atoms with van der Waals surface area (Å²) in [5, 5.41) is 6.11. The van der Waals surface area contributed by atoms with E-state index in [-0.39, 0.29) is 17.4 Å². The number of likely N-dealkylation sites (tertiary alicyclic amines) is 1. The molecule has 3 aromatic heterocycles. The SMILES string of the molecule is CC1CN(Cc2ccnc3ccccc23)CC1c1nn2c(C3CCOCC3)ncc2c(=O)[nH]1. The van der Waals surface area contributed by atoms with E-state index in [0.29, 0.717) is 11.4 Å². The monoisotopic (exact) mass is 444 g/mol. The normalized spacial score (nSPS) is 22.5. The van der Waals surface area contributed by atoms with Crippen molar-refractivity contribution in [1.29, 1.82) is 0 Å². The molecule has 6 rings (SSSR count). The highest BCUT2D eigenvalue weighted by Gasteiger charge is 2.33. The Morgan fingerprint density at radius 3 is 2.85 bits per heavy atom. The number of imidazole rings is 1. The Kier molecular flexibility index (Phi) is 5.19. The molecular weight excluding hydrogens is 416 g/mol. The Bertz CT molecular complexity index is 1350. The highest BCUT2D eigenvalue weighted by atomic mass is 16.5. The summed E-state index contributed by atoms with van der Waals surface area (Å²) in [5.41, 5.74) is 2.71. The maximum Gasteiger partial charge on any atom is 0.276 e. The molecule has 2 fully saturated rings. The lowest BCUT2D eigenvalue weighted by Gasteiger charge is -2.21. The smallest absolute Gasteiger partial charge is 0.276 e. The third-order valence-corrected chi connectivity index (χ3v) is 7.21. The van der Waals surface area contributed by atoms with E-state index in [9.17, 15) is 4.79 Å². The van der Waals surface area contributed by atoms with Crippen LogP contribution >= 0.6 is 0 Å². The molecule has 8 heteroatoms. The van der Waals surface area contributed by atoms with Gasteiger partial charge in [0.25, 0.3) is 5.56 Å². The number of H-pyrrole nitrogens is 1. The van der Waals surface area contributed by atoms with Crippen molar-refractivity contribution in [3.8, 4) is 0 Å². The first-order chi connectivity index (χ1) is 16.2. The van der Waals surface area contributed by atoms with Crippen molar-refractivity contribution in [2.75, 3.05) is 26.3 Å². The van der Waals surface area contributed by atoms with E-state index in [1.54, 1.807) is 10.7 Å². The van der Waals surface area contributed by atoms with Crippen LogP contribution in [0.5, 0.6) is 0 Å². The summed E-state index contributed by atoms with van der Waals surface area (Å²) in [6.07, 6.45) is 5.37. The first-order valence-electron chi connectivity index (χ1n) is 11.8. The molecule has 170 valence electrons. The Hall–Kier alpha value is -3.10. The van der Waals surface area contributed by atoms with Crippen LogP contribution in [-0.2, 0) is 11.3 Å². The van der Waals surface area contributed by atoms with E-state index in [2.05, 4.69) is 51.0 Å². The molecular formula is C25H28N6O2. The van der Waals surface area contributed by atoms with Crippen LogP contribution in [0, 0.1) is 5.92 Å². The van der Waals surface area contributed by atoms with Crippen molar-refractivity contribution in [2.45, 2.75) is 38.1 Å². The molecule has 5 heterocycles. The molecule has 2 saturated heterocycles. The average molecular weight is 445 g/mol. The number of para-hydroxylation sites is 1. The summed E-state index contributed by atoms with van der Waals surface area (Å²) in [4.78, 5) is 27.5. The molecule has 0 saturated carbocycles. The number of hydrogen-bond acceptors (Lipinski definition) is 6. The summed E-state index contributed by atoms with van der Waals surface area (Å²) < 4.78 is 7.29. The fraction of sp³-hybridized carbons (Fsp3) is 0.440. The summed E-state index contributed by atoms with van der Waals surface area (Å²) in [7, 11) is 0. The van der Waals surface area contributed by atoms with Crippen LogP contribution in [0.1, 0.15) is 48.8 Å². The number of benzene rings is 1. The highest BCUT2D eigenvalue weighted by Crippen LogP contribution is 2.32. The van der Waals surface area contributed by atoms with E-state index < -0.39 is 0 Å². The Morgan fingerprint density at radius 2 is 1.97 bits per heavy atom. The van der Waals surface area contributed by atoms with Gasteiger partial charge in [0.1, 0.15) is 11.6 Å². The average Bonchev–Trinajstić information content (AvgIpc) is 3.43. The lowest BCUT2D eigenvalue weighted by atomic mass is 9.97. The van der Waals surface area contributed by atoms with Crippen molar-refractivity contribution in [3.05, 3.63) is 70.3 Å². The van der Waals surface area contributed by atoms with Gasteiger partial charge in [0.05, 0.1) is 11.7 Å². The molecule has 2 aliphatic heterocycles. The standard InChI is InChI=1S/C25H28N6O2/c1-16-13-30(14-18-6-9-26-21-5-3-2-4-19(18)21)15-20(16)23-28-25(32)22-12-27-24(31(22)29-23)17-7-10-33-11-8-17/h2-6,9,12,16-17,20H,7-8,10-11,13-15H2,1H3,(H,28,29,32). The molecule has 1 aromatic carbocycles. The first kappa shape index (κ1) is 20.5. The van der Waals surface area contributed by atoms with Gasteiger partial charge in [-0.05, 0) is 36.5 Å². The Balaban J connectivity index is 1.29. The van der Waals surface area contributed by atoms with Gasteiger partial charge in [-0.1, -0.05) is 25.1 Å². The second-order valence-corrected chi connectivity index (χ2v) is 9.40. The number of aromatic amines is 1. The van der Waals surface area contributed by atoms with Gasteiger partial charge in [-0.3, -0.25) is 14.7 Å². The first-order valence-corrected chi connectivity index (χ1v) is 11.8. The van der Waals surface area contributed by atoms with Gasteiger partial charge in [0.15, 0.2) is 5.52 Å². The third-order valence-electron chi connectivity index (χ3n) is 7.21. The van der Waals surface area contributed by atoms with Crippen molar-refractivity contribution in [3.63, 3.8) is 0 Å². The van der Waals surface area contributed by atoms with E-state index >= 15 is 0 Å². The van der Waals surface area contributed by atoms with Crippen LogP contribution < -0.4 is 5.56 Å². The van der Waals surface area contributed by atoms with Gasteiger partial charge < -0.3 is 9.72 Å². The summed E-state index contributed by atoms with van der Waals surface area (Å²) in [6.45, 7) is 6.37. The molecule has 0 spiro atoms. The molecule has 4 aromatic rings. The molecule has 0 radical (unpaired) electrons. The number of fused-ring (bicyclic) bond motifs is 2. The molecule has 33 heavy (non-hydrogen) atoms. The number of rotatable bonds is 4. The minimum absolute atomic E-state index is 0.114. The number of aromatic nitrogens is 5. The number of nitrogens with one attached hydrogen (secondary N) is 1. The Morgan fingerprint density at radius 1 is 1.12 bits per heavy atom. The predicted octanol–water partition coefficient (Wildman–Crippen LogP) is 3.10. The van der Waals surface area contributed by atoms with E-state index in [4.69, 9.17) is 9.84 Å². The minimum atomic E-state index is -0.114. The largest absolute Gasteiger partial charge is 0.381 e. The van der Waals surface area contributed by atoms with Crippen LogP contribution in [0.15, 0.2) is 47.5 Å². The predicted molar refractivity (Wildman–Crippen MR) is 125 cm³/mol. The van der Waals surface area contributed by atoms with Crippen LogP contribution in [0.25, 0.3) is 16.4 Å². The molecule has 2 aliphatic rings. The number of pyridine rings is 1.